The van der Waals surface area contributed by atoms with Crippen LogP contribution in [0.1, 0.15) is 28.5 Å². The number of aryl methyl sites for hydroxylation is 1. The third-order valence-corrected chi connectivity index (χ3v) is 6.75. The van der Waals surface area contributed by atoms with E-state index in [4.69, 9.17) is 0 Å². The Labute approximate surface area is 159 Å². The first kappa shape index (κ1) is 19.5. The Morgan fingerprint density at radius 2 is 1.93 bits per heavy atom. The summed E-state index contributed by atoms with van der Waals surface area (Å²) >= 11 is 0. The summed E-state index contributed by atoms with van der Waals surface area (Å²) in [6, 6.07) is 7.93. The van der Waals surface area contributed by atoms with Crippen molar-refractivity contribution in [1.82, 2.24) is 13.8 Å². The van der Waals surface area contributed by atoms with Crippen LogP contribution in [-0.2, 0) is 16.6 Å². The minimum absolute atomic E-state index is 0.153. The number of aromatic nitrogens is 1. The lowest BCUT2D eigenvalue weighted by Crippen LogP contribution is -2.51. The topological polar surface area (TPSA) is 86.4 Å². The molecule has 1 saturated heterocycles. The molecule has 7 nitrogen and oxygen atoms in total. The van der Waals surface area contributed by atoms with Crippen LogP contribution in [0.15, 0.2) is 18.2 Å². The molecule has 144 valence electrons. The van der Waals surface area contributed by atoms with E-state index >= 15 is 0 Å². The van der Waals surface area contributed by atoms with Gasteiger partial charge in [0, 0.05) is 55.2 Å². The van der Waals surface area contributed by atoms with Gasteiger partial charge in [-0.15, -0.1) is 0 Å². The number of piperazine rings is 1. The third-order valence-electron chi connectivity index (χ3n) is 5.45. The highest BCUT2D eigenvalue weighted by molar-refractivity contribution is 7.88. The molecule has 8 heteroatoms. The Bertz CT molecular complexity index is 1010. The number of nitriles is 1. The fourth-order valence-corrected chi connectivity index (χ4v) is 4.59. The molecule has 0 aliphatic carbocycles. The van der Waals surface area contributed by atoms with E-state index in [2.05, 4.69) is 17.9 Å². The van der Waals surface area contributed by atoms with Gasteiger partial charge in [-0.1, -0.05) is 0 Å². The van der Waals surface area contributed by atoms with Gasteiger partial charge in [-0.2, -0.15) is 9.57 Å². The maximum atomic E-state index is 11.7. The summed E-state index contributed by atoms with van der Waals surface area (Å²) in [4.78, 5) is 13.4. The number of rotatable bonds is 5. The van der Waals surface area contributed by atoms with Gasteiger partial charge in [-0.25, -0.2) is 8.42 Å². The number of hydrogen-bond acceptors (Lipinski definition) is 5. The second kappa shape index (κ2) is 7.43. The van der Waals surface area contributed by atoms with E-state index < -0.39 is 10.0 Å². The minimum Gasteiger partial charge on any atom is -0.331 e. The Morgan fingerprint density at radius 3 is 2.48 bits per heavy atom. The van der Waals surface area contributed by atoms with E-state index in [1.165, 1.54) is 10.6 Å². The van der Waals surface area contributed by atoms with Crippen molar-refractivity contribution in [1.29, 1.82) is 5.26 Å². The summed E-state index contributed by atoms with van der Waals surface area (Å²) < 4.78 is 26.8. The van der Waals surface area contributed by atoms with Crippen LogP contribution in [-0.4, -0.2) is 67.0 Å². The minimum atomic E-state index is -3.15. The van der Waals surface area contributed by atoms with Crippen molar-refractivity contribution in [2.24, 2.45) is 0 Å². The smallest absolute Gasteiger partial charge is 0.211 e. The van der Waals surface area contributed by atoms with Gasteiger partial charge in [0.1, 0.15) is 18.0 Å². The van der Waals surface area contributed by atoms with Gasteiger partial charge in [-0.3, -0.25) is 9.69 Å². The summed E-state index contributed by atoms with van der Waals surface area (Å²) in [5.74, 6) is 0. The van der Waals surface area contributed by atoms with E-state index in [9.17, 15) is 18.5 Å². The number of carbonyl (C=O) groups excluding carboxylic acids is 1. The predicted octanol–water partition coefficient (Wildman–Crippen LogP) is 1.60. The monoisotopic (exact) mass is 388 g/mol. The molecule has 2 aromatic rings. The number of hydrogen-bond donors (Lipinski definition) is 0. The van der Waals surface area contributed by atoms with Gasteiger partial charge in [0.05, 0.1) is 6.26 Å². The molecule has 1 atom stereocenters. The number of nitrogens with zero attached hydrogens (tertiary/aromatic N) is 4. The number of aldehydes is 1. The molecule has 0 spiro atoms. The summed E-state index contributed by atoms with van der Waals surface area (Å²) in [5, 5.41) is 10.5. The van der Waals surface area contributed by atoms with Crippen molar-refractivity contribution in [2.45, 2.75) is 26.4 Å². The second-order valence-corrected chi connectivity index (χ2v) is 9.11. The van der Waals surface area contributed by atoms with Crippen LogP contribution in [0.5, 0.6) is 0 Å². The highest BCUT2D eigenvalue weighted by Gasteiger charge is 2.26. The van der Waals surface area contributed by atoms with Crippen LogP contribution in [0.2, 0.25) is 0 Å². The molecule has 0 saturated carbocycles. The molecule has 0 radical (unpaired) electrons. The lowest BCUT2D eigenvalue weighted by molar-refractivity contribution is 0.112. The SMILES string of the molecule is Cc1c(C=O)ccc2c1cc(C#N)n2CC(C)N1CCN(S(C)(=O)=O)CC1. The van der Waals surface area contributed by atoms with Crippen LogP contribution in [0.4, 0.5) is 0 Å². The number of carbonyl (C=O) groups is 1. The molecular weight excluding hydrogens is 364 g/mol. The van der Waals surface area contributed by atoms with E-state index in [0.29, 0.717) is 44.0 Å². The summed E-state index contributed by atoms with van der Waals surface area (Å²) in [6.07, 6.45) is 2.08. The van der Waals surface area contributed by atoms with E-state index in [1.807, 2.05) is 23.6 Å². The van der Waals surface area contributed by atoms with E-state index in [0.717, 1.165) is 22.8 Å². The van der Waals surface area contributed by atoms with Gasteiger partial charge < -0.3 is 4.57 Å². The Balaban J connectivity index is 1.83. The average Bonchev–Trinajstić information content (AvgIpc) is 3.00. The third kappa shape index (κ3) is 3.76. The van der Waals surface area contributed by atoms with Gasteiger partial charge in [0.2, 0.25) is 10.0 Å². The van der Waals surface area contributed by atoms with E-state index in [1.54, 1.807) is 6.07 Å². The maximum absolute atomic E-state index is 11.7. The molecule has 3 rings (SSSR count). The van der Waals surface area contributed by atoms with Crippen LogP contribution < -0.4 is 0 Å². The first-order valence-electron chi connectivity index (χ1n) is 8.93. The van der Waals surface area contributed by atoms with Gasteiger partial charge in [-0.05, 0) is 37.6 Å². The standard InChI is InChI=1S/C19H24N4O3S/c1-14(21-6-8-22(9-7-21)27(3,25)26)12-23-17(11-20)10-18-15(2)16(13-24)4-5-19(18)23/h4-5,10,13-14H,6-9,12H2,1-3H3. The number of benzene rings is 1. The largest absolute Gasteiger partial charge is 0.331 e. The van der Waals surface area contributed by atoms with Crippen LogP contribution >= 0.6 is 0 Å². The summed E-state index contributed by atoms with van der Waals surface area (Å²) in [7, 11) is -3.15. The zero-order chi connectivity index (χ0) is 19.8. The number of fused-ring (bicyclic) bond motifs is 1. The summed E-state index contributed by atoms with van der Waals surface area (Å²) in [6.45, 7) is 6.94. The average molecular weight is 388 g/mol. The van der Waals surface area contributed by atoms with E-state index in [-0.39, 0.29) is 6.04 Å². The van der Waals surface area contributed by atoms with Crippen molar-refractivity contribution < 1.29 is 13.2 Å². The number of sulfonamides is 1. The molecule has 0 amide bonds. The van der Waals surface area contributed by atoms with Crippen LogP contribution in [0.3, 0.4) is 0 Å². The highest BCUT2D eigenvalue weighted by Crippen LogP contribution is 2.26. The van der Waals surface area contributed by atoms with Crippen molar-refractivity contribution >= 4 is 27.2 Å². The van der Waals surface area contributed by atoms with Crippen molar-refractivity contribution in [2.75, 3.05) is 32.4 Å². The Morgan fingerprint density at radius 1 is 1.26 bits per heavy atom. The van der Waals surface area contributed by atoms with Crippen molar-refractivity contribution in [3.63, 3.8) is 0 Å². The fraction of sp³-hybridized carbons (Fsp3) is 0.474. The first-order valence-corrected chi connectivity index (χ1v) is 10.8. The van der Waals surface area contributed by atoms with Crippen molar-refractivity contribution in [3.05, 3.63) is 35.0 Å². The van der Waals surface area contributed by atoms with Gasteiger partial charge >= 0.3 is 0 Å². The van der Waals surface area contributed by atoms with Gasteiger partial charge in [0.25, 0.3) is 0 Å². The molecule has 1 fully saturated rings. The Kier molecular flexibility index (Phi) is 5.38. The molecule has 0 bridgehead atoms. The Hall–Kier alpha value is -2.21. The molecule has 0 N–H and O–H groups in total. The molecule has 1 unspecified atom stereocenters. The second-order valence-electron chi connectivity index (χ2n) is 7.13. The first-order chi connectivity index (χ1) is 12.8. The lowest BCUT2D eigenvalue weighted by atomic mass is 10.1. The predicted molar refractivity (Wildman–Crippen MR) is 104 cm³/mol. The lowest BCUT2D eigenvalue weighted by Gasteiger charge is -2.37. The molecule has 2 heterocycles. The fourth-order valence-electron chi connectivity index (χ4n) is 3.77. The van der Waals surface area contributed by atoms with Crippen molar-refractivity contribution in [3.8, 4) is 6.07 Å². The molecule has 1 aliphatic heterocycles. The quantitative estimate of drug-likeness (QED) is 0.726. The summed E-state index contributed by atoms with van der Waals surface area (Å²) in [5.41, 5.74) is 3.02. The van der Waals surface area contributed by atoms with Gasteiger partial charge in [0.15, 0.2) is 0 Å². The van der Waals surface area contributed by atoms with Crippen LogP contribution in [0.25, 0.3) is 10.9 Å². The normalized spacial score (nSPS) is 17.7. The highest BCUT2D eigenvalue weighted by atomic mass is 32.2. The zero-order valence-electron chi connectivity index (χ0n) is 15.8. The molecule has 1 aromatic heterocycles. The molecule has 1 aromatic carbocycles. The molecular formula is C19H24N4O3S. The van der Waals surface area contributed by atoms with Crippen LogP contribution in [0, 0.1) is 18.3 Å². The maximum Gasteiger partial charge on any atom is 0.211 e. The molecule has 1 aliphatic rings. The molecule has 27 heavy (non-hydrogen) atoms. The zero-order valence-corrected chi connectivity index (χ0v) is 16.7.